The van der Waals surface area contributed by atoms with Crippen LogP contribution < -0.4 is 0 Å². The number of nitro groups is 1. The first-order valence-corrected chi connectivity index (χ1v) is 7.67. The van der Waals surface area contributed by atoms with Gasteiger partial charge in [0.2, 0.25) is 11.5 Å². The molecule has 0 heterocycles. The highest BCUT2D eigenvalue weighted by Crippen LogP contribution is 2.41. The van der Waals surface area contributed by atoms with Crippen molar-refractivity contribution in [3.63, 3.8) is 0 Å². The molecule has 0 spiro atoms. The average Bonchev–Trinajstić information content (AvgIpc) is 2.61. The van der Waals surface area contributed by atoms with Crippen LogP contribution >= 0.6 is 0 Å². The minimum absolute atomic E-state index is 0.0764. The zero-order valence-electron chi connectivity index (χ0n) is 14.3. The van der Waals surface area contributed by atoms with E-state index >= 15 is 0 Å². The molecule has 0 bridgehead atoms. The number of aromatic hydroxyl groups is 2. The number of carbonyl (C=O) groups is 2. The van der Waals surface area contributed by atoms with Crippen LogP contribution in [-0.4, -0.2) is 33.0 Å². The summed E-state index contributed by atoms with van der Waals surface area (Å²) in [6, 6.07) is 8.01. The number of hydrogen-bond acceptors (Lipinski definition) is 8. The van der Waals surface area contributed by atoms with E-state index in [0.29, 0.717) is 0 Å². The number of benzene rings is 2. The number of esters is 1. The van der Waals surface area contributed by atoms with E-state index in [1.165, 1.54) is 38.1 Å². The lowest BCUT2D eigenvalue weighted by molar-refractivity contribution is -0.386. The summed E-state index contributed by atoms with van der Waals surface area (Å²) >= 11 is 0. The molecule has 2 aromatic rings. The van der Waals surface area contributed by atoms with Crippen LogP contribution in [0.25, 0.3) is 0 Å². The van der Waals surface area contributed by atoms with Gasteiger partial charge in [-0.25, -0.2) is 4.79 Å². The van der Waals surface area contributed by atoms with E-state index in [9.17, 15) is 35.2 Å². The molecule has 0 saturated carbocycles. The van der Waals surface area contributed by atoms with Crippen LogP contribution in [0.15, 0.2) is 30.3 Å². The molecule has 27 heavy (non-hydrogen) atoms. The number of nitrogens with zero attached hydrogens (tertiary/aromatic N) is 2. The van der Waals surface area contributed by atoms with Gasteiger partial charge in [-0.2, -0.15) is 5.26 Å². The van der Waals surface area contributed by atoms with Crippen LogP contribution in [0.1, 0.15) is 45.7 Å². The van der Waals surface area contributed by atoms with Gasteiger partial charge in [0, 0.05) is 5.56 Å². The molecule has 0 amide bonds. The maximum atomic E-state index is 13.0. The molecule has 0 radical (unpaired) electrons. The van der Waals surface area contributed by atoms with Gasteiger partial charge in [-0.05, 0) is 32.0 Å². The van der Waals surface area contributed by atoms with Crippen molar-refractivity contribution in [3.8, 4) is 17.6 Å². The highest BCUT2D eigenvalue weighted by molar-refractivity contribution is 6.18. The zero-order valence-corrected chi connectivity index (χ0v) is 14.3. The largest absolute Gasteiger partial charge is 0.504 e. The number of carbonyl (C=O) groups excluding carboxylic acids is 2. The third-order valence-electron chi connectivity index (χ3n) is 3.52. The fourth-order valence-corrected chi connectivity index (χ4v) is 2.40. The maximum absolute atomic E-state index is 13.0. The predicted octanol–water partition coefficient (Wildman–Crippen LogP) is 2.67. The molecule has 138 valence electrons. The number of ketones is 1. The Labute approximate surface area is 153 Å². The van der Waals surface area contributed by atoms with Crippen molar-refractivity contribution >= 4 is 17.4 Å². The Morgan fingerprint density at radius 2 is 1.85 bits per heavy atom. The van der Waals surface area contributed by atoms with E-state index < -0.39 is 51.1 Å². The van der Waals surface area contributed by atoms with Crippen LogP contribution in [0.4, 0.5) is 5.69 Å². The van der Waals surface area contributed by atoms with Gasteiger partial charge in [-0.3, -0.25) is 14.9 Å². The molecule has 0 aliphatic carbocycles. The first-order valence-electron chi connectivity index (χ1n) is 7.67. The second-order valence-corrected chi connectivity index (χ2v) is 5.71. The third-order valence-corrected chi connectivity index (χ3v) is 3.52. The lowest BCUT2D eigenvalue weighted by atomic mass is 9.93. The Morgan fingerprint density at radius 1 is 1.22 bits per heavy atom. The van der Waals surface area contributed by atoms with Gasteiger partial charge >= 0.3 is 11.7 Å². The number of phenolic OH excluding ortho intramolecular Hbond substituents is 2. The van der Waals surface area contributed by atoms with Crippen molar-refractivity contribution in [1.82, 2.24) is 0 Å². The van der Waals surface area contributed by atoms with Crippen molar-refractivity contribution in [2.45, 2.75) is 20.0 Å². The van der Waals surface area contributed by atoms with Crippen molar-refractivity contribution in [3.05, 3.63) is 62.7 Å². The maximum Gasteiger partial charge on any atom is 0.339 e. The number of rotatable bonds is 5. The van der Waals surface area contributed by atoms with Crippen molar-refractivity contribution < 1.29 is 29.5 Å². The van der Waals surface area contributed by atoms with Gasteiger partial charge in [0.15, 0.2) is 5.75 Å². The standard InChI is InChI=1S/C18H14N2O7/c1-9(2)27-18(24)12-7-13(21)17(23)15(20(25)26)14(12)16(22)11-6-4-3-5-10(11)8-19/h3-7,9,21,23H,1-2H3. The summed E-state index contributed by atoms with van der Waals surface area (Å²) in [6.07, 6.45) is -0.609. The lowest BCUT2D eigenvalue weighted by Gasteiger charge is -2.13. The van der Waals surface area contributed by atoms with E-state index in [1.807, 2.05) is 0 Å². The van der Waals surface area contributed by atoms with Gasteiger partial charge in [0.05, 0.1) is 28.2 Å². The molecule has 9 nitrogen and oxygen atoms in total. The molecular formula is C18H14N2O7. The van der Waals surface area contributed by atoms with E-state index in [-0.39, 0.29) is 11.1 Å². The second kappa shape index (κ2) is 7.53. The molecule has 0 atom stereocenters. The summed E-state index contributed by atoms with van der Waals surface area (Å²) in [7, 11) is 0. The summed E-state index contributed by atoms with van der Waals surface area (Å²) in [5, 5.41) is 40.3. The fourth-order valence-electron chi connectivity index (χ4n) is 2.40. The molecular weight excluding hydrogens is 356 g/mol. The number of ether oxygens (including phenoxy) is 1. The third kappa shape index (κ3) is 3.69. The topological polar surface area (TPSA) is 151 Å². The van der Waals surface area contributed by atoms with Gasteiger partial charge in [-0.15, -0.1) is 0 Å². The first kappa shape index (κ1) is 19.4. The Morgan fingerprint density at radius 3 is 2.41 bits per heavy atom. The minimum atomic E-state index is -1.17. The van der Waals surface area contributed by atoms with Crippen LogP contribution in [-0.2, 0) is 4.74 Å². The molecule has 0 aliphatic heterocycles. The summed E-state index contributed by atoms with van der Waals surface area (Å²) in [4.78, 5) is 35.7. The van der Waals surface area contributed by atoms with Crippen molar-refractivity contribution in [1.29, 1.82) is 5.26 Å². The number of nitriles is 1. The molecule has 2 rings (SSSR count). The molecule has 2 aromatic carbocycles. The predicted molar refractivity (Wildman–Crippen MR) is 91.6 cm³/mol. The molecule has 0 saturated heterocycles. The van der Waals surface area contributed by atoms with E-state index in [4.69, 9.17) is 4.74 Å². The van der Waals surface area contributed by atoms with Crippen LogP contribution in [0, 0.1) is 21.4 Å². The van der Waals surface area contributed by atoms with E-state index in [2.05, 4.69) is 0 Å². The second-order valence-electron chi connectivity index (χ2n) is 5.71. The quantitative estimate of drug-likeness (QED) is 0.268. The summed E-state index contributed by atoms with van der Waals surface area (Å²) < 4.78 is 4.98. The summed E-state index contributed by atoms with van der Waals surface area (Å²) in [5.41, 5.74) is -2.80. The SMILES string of the molecule is CC(C)OC(=O)c1cc(O)c(O)c([N+](=O)[O-])c1C(=O)c1ccccc1C#N. The molecule has 9 heteroatoms. The monoisotopic (exact) mass is 370 g/mol. The molecule has 2 N–H and O–H groups in total. The summed E-state index contributed by atoms with van der Waals surface area (Å²) in [5.74, 6) is -4.26. The Kier molecular flexibility index (Phi) is 5.41. The van der Waals surface area contributed by atoms with Crippen LogP contribution in [0.3, 0.4) is 0 Å². The Bertz CT molecular complexity index is 990. The highest BCUT2D eigenvalue weighted by atomic mass is 16.6. The van der Waals surface area contributed by atoms with Gasteiger partial charge in [0.25, 0.3) is 0 Å². The Hall–Kier alpha value is -3.93. The van der Waals surface area contributed by atoms with Crippen LogP contribution in [0.5, 0.6) is 11.5 Å². The lowest BCUT2D eigenvalue weighted by Crippen LogP contribution is -2.18. The smallest absolute Gasteiger partial charge is 0.339 e. The molecule has 0 aromatic heterocycles. The van der Waals surface area contributed by atoms with Gasteiger partial charge in [-0.1, -0.05) is 12.1 Å². The van der Waals surface area contributed by atoms with Crippen molar-refractivity contribution in [2.24, 2.45) is 0 Å². The normalized spacial score (nSPS) is 10.3. The molecule has 0 fully saturated rings. The minimum Gasteiger partial charge on any atom is -0.504 e. The molecule has 0 unspecified atom stereocenters. The number of phenols is 2. The first-order chi connectivity index (χ1) is 12.7. The van der Waals surface area contributed by atoms with E-state index in [0.717, 1.165) is 6.07 Å². The van der Waals surface area contributed by atoms with Gasteiger partial charge in [0.1, 0.15) is 5.56 Å². The van der Waals surface area contributed by atoms with Crippen LogP contribution in [0.2, 0.25) is 0 Å². The highest BCUT2D eigenvalue weighted by Gasteiger charge is 2.35. The summed E-state index contributed by atoms with van der Waals surface area (Å²) in [6.45, 7) is 3.05. The molecule has 0 aliphatic rings. The average molecular weight is 370 g/mol. The zero-order chi connectivity index (χ0) is 20.3. The van der Waals surface area contributed by atoms with Crippen molar-refractivity contribution in [2.75, 3.05) is 0 Å². The number of hydrogen-bond donors (Lipinski definition) is 2. The van der Waals surface area contributed by atoms with E-state index in [1.54, 1.807) is 6.07 Å². The fraction of sp³-hybridized carbons (Fsp3) is 0.167. The Balaban J connectivity index is 2.85. The van der Waals surface area contributed by atoms with Gasteiger partial charge < -0.3 is 14.9 Å². The number of nitro benzene ring substituents is 1.